The van der Waals surface area contributed by atoms with Crippen LogP contribution in [0.2, 0.25) is 0 Å². The third-order valence-corrected chi connectivity index (χ3v) is 4.91. The lowest BCUT2D eigenvalue weighted by Gasteiger charge is -2.21. The molecule has 142 valence electrons. The number of β-amino-alcohol motifs (C(OH)–C–C–N with tert-alkyl or cyclic N) is 1. The van der Waals surface area contributed by atoms with Gasteiger partial charge in [0.2, 0.25) is 0 Å². The van der Waals surface area contributed by atoms with Crippen molar-refractivity contribution in [3.05, 3.63) is 48.0 Å². The van der Waals surface area contributed by atoms with Crippen LogP contribution in [0, 0.1) is 11.6 Å². The molecule has 8 heteroatoms. The van der Waals surface area contributed by atoms with Crippen LogP contribution in [0.4, 0.5) is 17.6 Å². The third-order valence-electron chi connectivity index (χ3n) is 4.91. The fraction of sp³-hybridized carbons (Fsp3) is 0.316. The van der Waals surface area contributed by atoms with Crippen LogP contribution in [0.25, 0.3) is 21.8 Å². The third kappa shape index (κ3) is 3.03. The number of rotatable bonds is 4. The summed E-state index contributed by atoms with van der Waals surface area (Å²) in [4.78, 5) is 12.6. The minimum Gasteiger partial charge on any atom is -0.389 e. The molecule has 1 aliphatic rings. The molecule has 27 heavy (non-hydrogen) atoms. The molecule has 1 unspecified atom stereocenters. The van der Waals surface area contributed by atoms with Crippen LogP contribution in [-0.4, -0.2) is 45.6 Å². The number of halogens is 4. The topological polar surface area (TPSA) is 45.5 Å². The van der Waals surface area contributed by atoms with E-state index in [0.29, 0.717) is 21.8 Å². The van der Waals surface area contributed by atoms with Crippen LogP contribution in [0.1, 0.15) is 6.42 Å². The number of likely N-dealkylation sites (tertiary alicyclic amines) is 1. The minimum atomic E-state index is -3.39. The summed E-state index contributed by atoms with van der Waals surface area (Å²) in [6, 6.07) is 8.11. The molecule has 1 amide bonds. The summed E-state index contributed by atoms with van der Waals surface area (Å²) in [5.41, 5.74) is 1.16. The van der Waals surface area contributed by atoms with Gasteiger partial charge in [0.1, 0.15) is 11.6 Å². The Kier molecular flexibility index (Phi) is 4.10. The number of aromatic nitrogens is 1. The van der Waals surface area contributed by atoms with Crippen molar-refractivity contribution in [3.63, 3.8) is 0 Å². The van der Waals surface area contributed by atoms with Gasteiger partial charge in [-0.05, 0) is 36.4 Å². The van der Waals surface area contributed by atoms with Gasteiger partial charge < -0.3 is 14.6 Å². The quantitative estimate of drug-likeness (QED) is 0.706. The van der Waals surface area contributed by atoms with E-state index in [1.165, 1.54) is 36.4 Å². The lowest BCUT2D eigenvalue weighted by molar-refractivity contribution is -0.148. The number of amides is 1. The largest absolute Gasteiger partial charge is 0.389 e. The molecule has 4 nitrogen and oxygen atoms in total. The molecule has 1 N–H and O–H groups in total. The highest BCUT2D eigenvalue weighted by Gasteiger charge is 2.48. The molecule has 1 saturated heterocycles. The maximum atomic E-state index is 13.7. The van der Waals surface area contributed by atoms with E-state index in [1.807, 2.05) is 0 Å². The first kappa shape index (κ1) is 17.8. The number of hydrogen-bond donors (Lipinski definition) is 1. The number of benzene rings is 2. The molecule has 3 aromatic rings. The number of hydrogen-bond acceptors (Lipinski definition) is 2. The first-order chi connectivity index (χ1) is 12.8. The summed E-state index contributed by atoms with van der Waals surface area (Å²) < 4.78 is 55.7. The SMILES string of the molecule is O=C1N(CC(O)Cn2c3ccc(F)cc3c3cc(F)ccc32)CCC1(F)F. The molecular formula is C19H16F4N2O2. The first-order valence-electron chi connectivity index (χ1n) is 8.48. The number of alkyl halides is 2. The molecule has 0 saturated carbocycles. The number of carbonyl (C=O) groups is 1. The van der Waals surface area contributed by atoms with E-state index in [-0.39, 0.29) is 19.6 Å². The molecule has 1 aromatic heterocycles. The molecule has 1 atom stereocenters. The smallest absolute Gasteiger partial charge is 0.326 e. The average molecular weight is 380 g/mol. The van der Waals surface area contributed by atoms with Gasteiger partial charge in [0.05, 0.1) is 12.6 Å². The Labute approximate surface area is 151 Å². The summed E-state index contributed by atoms with van der Waals surface area (Å²) in [6.07, 6.45) is -1.68. The van der Waals surface area contributed by atoms with Crippen molar-refractivity contribution in [2.45, 2.75) is 25.0 Å². The van der Waals surface area contributed by atoms with Gasteiger partial charge in [-0.25, -0.2) is 8.78 Å². The van der Waals surface area contributed by atoms with Gasteiger partial charge in [0.25, 0.3) is 5.91 Å². The van der Waals surface area contributed by atoms with E-state index >= 15 is 0 Å². The molecule has 0 radical (unpaired) electrons. The Morgan fingerprint density at radius 1 is 1.00 bits per heavy atom. The Morgan fingerprint density at radius 2 is 1.56 bits per heavy atom. The Morgan fingerprint density at radius 3 is 2.04 bits per heavy atom. The second-order valence-corrected chi connectivity index (χ2v) is 6.79. The lowest BCUT2D eigenvalue weighted by Crippen LogP contribution is -2.39. The van der Waals surface area contributed by atoms with Crippen LogP contribution >= 0.6 is 0 Å². The minimum absolute atomic E-state index is 0.00733. The van der Waals surface area contributed by atoms with Gasteiger partial charge in [0.15, 0.2) is 0 Å². The van der Waals surface area contributed by atoms with Crippen molar-refractivity contribution in [1.29, 1.82) is 0 Å². The van der Waals surface area contributed by atoms with E-state index in [4.69, 9.17) is 0 Å². The molecule has 1 fully saturated rings. The maximum Gasteiger partial charge on any atom is 0.326 e. The van der Waals surface area contributed by atoms with Crippen LogP contribution in [0.5, 0.6) is 0 Å². The summed E-state index contributed by atoms with van der Waals surface area (Å²) in [5.74, 6) is -5.62. The fourth-order valence-electron chi connectivity index (χ4n) is 3.66. The van der Waals surface area contributed by atoms with Crippen molar-refractivity contribution in [2.75, 3.05) is 13.1 Å². The van der Waals surface area contributed by atoms with Gasteiger partial charge in [0, 0.05) is 41.3 Å². The number of nitrogens with zero attached hydrogens (tertiary/aromatic N) is 2. The number of aliphatic hydroxyl groups is 1. The Bertz CT molecular complexity index is 988. The molecule has 0 bridgehead atoms. The molecule has 2 heterocycles. The second-order valence-electron chi connectivity index (χ2n) is 6.79. The van der Waals surface area contributed by atoms with Gasteiger partial charge in [-0.1, -0.05) is 0 Å². The fourth-order valence-corrected chi connectivity index (χ4v) is 3.66. The zero-order chi connectivity index (χ0) is 19.3. The van der Waals surface area contributed by atoms with Crippen molar-refractivity contribution in [1.82, 2.24) is 9.47 Å². The zero-order valence-electron chi connectivity index (χ0n) is 14.1. The molecule has 4 rings (SSSR count). The van der Waals surface area contributed by atoms with Gasteiger partial charge in [-0.15, -0.1) is 0 Å². The highest BCUT2D eigenvalue weighted by Crippen LogP contribution is 2.31. The van der Waals surface area contributed by atoms with E-state index in [0.717, 1.165) is 4.90 Å². The average Bonchev–Trinajstić information content (AvgIpc) is 3.03. The monoisotopic (exact) mass is 380 g/mol. The molecular weight excluding hydrogens is 364 g/mol. The summed E-state index contributed by atoms with van der Waals surface area (Å²) in [5, 5.41) is 11.4. The van der Waals surface area contributed by atoms with Crippen LogP contribution in [-0.2, 0) is 11.3 Å². The number of carbonyl (C=O) groups excluding carboxylic acids is 1. The van der Waals surface area contributed by atoms with Gasteiger partial charge in [-0.3, -0.25) is 4.79 Å². The summed E-state index contributed by atoms with van der Waals surface area (Å²) in [7, 11) is 0. The Balaban J connectivity index is 1.68. The Hall–Kier alpha value is -2.61. The molecule has 1 aliphatic heterocycles. The number of fused-ring (bicyclic) bond motifs is 3. The number of aliphatic hydroxyl groups excluding tert-OH is 1. The highest BCUT2D eigenvalue weighted by molar-refractivity contribution is 6.08. The normalized spacial score (nSPS) is 18.0. The van der Waals surface area contributed by atoms with Crippen molar-refractivity contribution in [3.8, 4) is 0 Å². The van der Waals surface area contributed by atoms with Crippen molar-refractivity contribution in [2.24, 2.45) is 0 Å². The lowest BCUT2D eigenvalue weighted by atomic mass is 10.1. The predicted octanol–water partition coefficient (Wildman–Crippen LogP) is 3.30. The van der Waals surface area contributed by atoms with Crippen LogP contribution in [0.15, 0.2) is 36.4 Å². The molecule has 0 spiro atoms. The predicted molar refractivity (Wildman–Crippen MR) is 91.5 cm³/mol. The summed E-state index contributed by atoms with van der Waals surface area (Å²) >= 11 is 0. The second kappa shape index (κ2) is 6.23. The highest BCUT2D eigenvalue weighted by atomic mass is 19.3. The van der Waals surface area contributed by atoms with Gasteiger partial charge in [-0.2, -0.15) is 8.78 Å². The van der Waals surface area contributed by atoms with E-state index in [2.05, 4.69) is 0 Å². The molecule has 0 aliphatic carbocycles. The van der Waals surface area contributed by atoms with Crippen molar-refractivity contribution < 1.29 is 27.5 Å². The van der Waals surface area contributed by atoms with E-state index in [1.54, 1.807) is 4.57 Å². The van der Waals surface area contributed by atoms with E-state index in [9.17, 15) is 27.5 Å². The standard InChI is InChI=1S/C19H16F4N2O2/c20-11-1-3-16-14(7-11)15-8-12(21)2-4-17(15)25(16)10-13(26)9-24-6-5-19(22,23)18(24)27/h1-4,7-8,13,26H,5-6,9-10H2. The van der Waals surface area contributed by atoms with Crippen LogP contribution in [0.3, 0.4) is 0 Å². The molecule has 2 aromatic carbocycles. The van der Waals surface area contributed by atoms with E-state index < -0.39 is 36.0 Å². The summed E-state index contributed by atoms with van der Waals surface area (Å²) in [6.45, 7) is -0.364. The maximum absolute atomic E-state index is 13.7. The van der Waals surface area contributed by atoms with Crippen LogP contribution < -0.4 is 0 Å². The zero-order valence-corrected chi connectivity index (χ0v) is 14.1. The van der Waals surface area contributed by atoms with Crippen molar-refractivity contribution >= 4 is 27.7 Å². The van der Waals surface area contributed by atoms with Gasteiger partial charge >= 0.3 is 5.92 Å². The first-order valence-corrected chi connectivity index (χ1v) is 8.48.